The van der Waals surface area contributed by atoms with Crippen molar-refractivity contribution in [2.45, 2.75) is 39.8 Å². The van der Waals surface area contributed by atoms with Gasteiger partial charge in [0.1, 0.15) is 0 Å². The molecule has 1 fully saturated rings. The summed E-state index contributed by atoms with van der Waals surface area (Å²) in [6, 6.07) is 7.94. The molecule has 0 saturated carbocycles. The van der Waals surface area contributed by atoms with Crippen molar-refractivity contribution in [2.24, 2.45) is 5.92 Å². The number of hydrogen-bond acceptors (Lipinski definition) is 3. The first-order valence-corrected chi connectivity index (χ1v) is 9.05. The number of rotatable bonds is 5. The van der Waals surface area contributed by atoms with E-state index in [4.69, 9.17) is 16.7 Å². The molecule has 3 rings (SSSR count). The topological polar surface area (TPSA) is 41.3 Å². The lowest BCUT2D eigenvalue weighted by atomic mass is 9.97. The van der Waals surface area contributed by atoms with Crippen molar-refractivity contribution < 1.29 is 5.11 Å². The van der Waals surface area contributed by atoms with Crippen LogP contribution in [-0.4, -0.2) is 39.5 Å². The number of piperidine rings is 1. The number of halogens is 1. The number of nitrogens with zero attached hydrogens (tertiary/aromatic N) is 3. The van der Waals surface area contributed by atoms with Crippen molar-refractivity contribution in [3.63, 3.8) is 0 Å². The maximum absolute atomic E-state index is 9.28. The monoisotopic (exact) mass is 347 g/mol. The zero-order valence-corrected chi connectivity index (χ0v) is 15.3. The van der Waals surface area contributed by atoms with Gasteiger partial charge in [-0.25, -0.2) is 0 Å². The van der Waals surface area contributed by atoms with Gasteiger partial charge in [0, 0.05) is 29.4 Å². The Labute approximate surface area is 149 Å². The van der Waals surface area contributed by atoms with Crippen LogP contribution in [0.25, 0.3) is 0 Å². The molecule has 130 valence electrons. The second-order valence-corrected chi connectivity index (χ2v) is 7.21. The molecule has 0 atom stereocenters. The number of likely N-dealkylation sites (tertiary alicyclic amines) is 1. The maximum atomic E-state index is 9.28. The molecule has 1 aromatic heterocycles. The summed E-state index contributed by atoms with van der Waals surface area (Å²) in [4.78, 5) is 2.48. The molecule has 1 saturated heterocycles. The Hall–Kier alpha value is -1.36. The summed E-state index contributed by atoms with van der Waals surface area (Å²) < 4.78 is 2.06. The molecular weight excluding hydrogens is 322 g/mol. The van der Waals surface area contributed by atoms with E-state index in [-0.39, 0.29) is 0 Å². The van der Waals surface area contributed by atoms with Crippen molar-refractivity contribution in [3.05, 3.63) is 51.8 Å². The highest BCUT2D eigenvalue weighted by Crippen LogP contribution is 2.23. The van der Waals surface area contributed by atoms with Crippen LogP contribution in [0.3, 0.4) is 0 Å². The third-order valence-corrected chi connectivity index (χ3v) is 5.53. The summed E-state index contributed by atoms with van der Waals surface area (Å²) in [7, 11) is 0. The van der Waals surface area contributed by atoms with E-state index in [2.05, 4.69) is 29.5 Å². The zero-order chi connectivity index (χ0) is 17.1. The van der Waals surface area contributed by atoms with Gasteiger partial charge in [-0.15, -0.1) is 0 Å². The Morgan fingerprint density at radius 3 is 2.54 bits per heavy atom. The highest BCUT2D eigenvalue weighted by molar-refractivity contribution is 6.31. The molecule has 5 heteroatoms. The Bertz CT molecular complexity index is 690. The first-order chi connectivity index (χ1) is 11.6. The summed E-state index contributed by atoms with van der Waals surface area (Å²) >= 11 is 6.29. The number of benzene rings is 1. The third kappa shape index (κ3) is 3.82. The van der Waals surface area contributed by atoms with Gasteiger partial charge in [0.25, 0.3) is 0 Å². The maximum Gasteiger partial charge on any atom is 0.0677 e. The van der Waals surface area contributed by atoms with Crippen LogP contribution < -0.4 is 0 Å². The molecule has 24 heavy (non-hydrogen) atoms. The van der Waals surface area contributed by atoms with Gasteiger partial charge in [-0.1, -0.05) is 29.8 Å². The summed E-state index contributed by atoms with van der Waals surface area (Å²) in [6.07, 6.45) is 2.17. The first-order valence-electron chi connectivity index (χ1n) is 8.68. The summed E-state index contributed by atoms with van der Waals surface area (Å²) in [5, 5.41) is 14.8. The summed E-state index contributed by atoms with van der Waals surface area (Å²) in [5.41, 5.74) is 4.74. The van der Waals surface area contributed by atoms with E-state index in [0.717, 1.165) is 48.8 Å². The van der Waals surface area contributed by atoms with Crippen LogP contribution in [0.15, 0.2) is 24.3 Å². The molecule has 0 bridgehead atoms. The van der Waals surface area contributed by atoms with Crippen LogP contribution in [0.4, 0.5) is 0 Å². The fourth-order valence-corrected chi connectivity index (χ4v) is 3.65. The van der Waals surface area contributed by atoms with Gasteiger partial charge in [0.2, 0.25) is 0 Å². The predicted octanol–water partition coefficient (Wildman–Crippen LogP) is 3.41. The van der Waals surface area contributed by atoms with Crippen molar-refractivity contribution in [1.29, 1.82) is 0 Å². The lowest BCUT2D eigenvalue weighted by Gasteiger charge is -2.31. The molecule has 0 radical (unpaired) electrons. The van der Waals surface area contributed by atoms with Crippen LogP contribution in [0.2, 0.25) is 5.02 Å². The Kier molecular flexibility index (Phi) is 5.59. The first kappa shape index (κ1) is 17.5. The molecule has 1 aliphatic rings. The van der Waals surface area contributed by atoms with Crippen molar-refractivity contribution in [3.8, 4) is 0 Å². The van der Waals surface area contributed by atoms with Crippen molar-refractivity contribution >= 4 is 11.6 Å². The summed E-state index contributed by atoms with van der Waals surface area (Å²) in [6.45, 7) is 8.32. The number of hydrogen-bond donors (Lipinski definition) is 1. The van der Waals surface area contributed by atoms with Crippen molar-refractivity contribution in [1.82, 2.24) is 14.7 Å². The molecule has 2 aromatic rings. The van der Waals surface area contributed by atoms with Gasteiger partial charge < -0.3 is 5.11 Å². The smallest absolute Gasteiger partial charge is 0.0677 e. The average Bonchev–Trinajstić information content (AvgIpc) is 2.85. The average molecular weight is 348 g/mol. The Morgan fingerprint density at radius 1 is 1.17 bits per heavy atom. The minimum Gasteiger partial charge on any atom is -0.396 e. The summed E-state index contributed by atoms with van der Waals surface area (Å²) in [5.74, 6) is 0.478. The number of aryl methyl sites for hydroxylation is 1. The molecule has 0 aliphatic carbocycles. The van der Waals surface area contributed by atoms with Gasteiger partial charge in [-0.2, -0.15) is 5.10 Å². The van der Waals surface area contributed by atoms with Gasteiger partial charge in [0.05, 0.1) is 12.2 Å². The molecular formula is C19H26ClN3O. The lowest BCUT2D eigenvalue weighted by molar-refractivity contribution is 0.127. The van der Waals surface area contributed by atoms with E-state index in [1.54, 1.807) is 0 Å². The van der Waals surface area contributed by atoms with Gasteiger partial charge in [-0.3, -0.25) is 9.58 Å². The van der Waals surface area contributed by atoms with E-state index in [1.165, 1.54) is 11.3 Å². The molecule has 2 heterocycles. The molecule has 0 unspecified atom stereocenters. The number of aliphatic hydroxyl groups is 1. The molecule has 0 spiro atoms. The van der Waals surface area contributed by atoms with E-state index >= 15 is 0 Å². The van der Waals surface area contributed by atoms with Crippen LogP contribution in [0, 0.1) is 19.8 Å². The minimum absolute atomic E-state index is 0.321. The molecule has 4 nitrogen and oxygen atoms in total. The standard InChI is InChI=1S/C19H26ClN3O/c1-14-18(12-22-9-7-16(13-24)8-10-22)15(2)23(21-14)11-17-5-3-4-6-19(17)20/h3-6,16,24H,7-13H2,1-2H3. The molecule has 1 N–H and O–H groups in total. The fraction of sp³-hybridized carbons (Fsp3) is 0.526. The SMILES string of the molecule is Cc1nn(Cc2ccccc2Cl)c(C)c1CN1CCC(CO)CC1. The second-order valence-electron chi connectivity index (χ2n) is 6.80. The predicted molar refractivity (Wildman–Crippen MR) is 97.3 cm³/mol. The fourth-order valence-electron chi connectivity index (χ4n) is 3.46. The number of aromatic nitrogens is 2. The van der Waals surface area contributed by atoms with Gasteiger partial charge in [0.15, 0.2) is 0 Å². The largest absolute Gasteiger partial charge is 0.396 e. The third-order valence-electron chi connectivity index (χ3n) is 5.16. The minimum atomic E-state index is 0.321. The second kappa shape index (κ2) is 7.68. The molecule has 0 amide bonds. The van der Waals surface area contributed by atoms with E-state index in [1.807, 2.05) is 18.2 Å². The van der Waals surface area contributed by atoms with Crippen LogP contribution in [-0.2, 0) is 13.1 Å². The van der Waals surface area contributed by atoms with E-state index in [0.29, 0.717) is 19.1 Å². The highest BCUT2D eigenvalue weighted by atomic mass is 35.5. The Morgan fingerprint density at radius 2 is 1.88 bits per heavy atom. The number of aliphatic hydroxyl groups excluding tert-OH is 1. The van der Waals surface area contributed by atoms with Crippen LogP contribution in [0.5, 0.6) is 0 Å². The van der Waals surface area contributed by atoms with E-state index < -0.39 is 0 Å². The van der Waals surface area contributed by atoms with Crippen molar-refractivity contribution in [2.75, 3.05) is 19.7 Å². The Balaban J connectivity index is 1.72. The lowest BCUT2D eigenvalue weighted by Crippen LogP contribution is -2.34. The van der Waals surface area contributed by atoms with E-state index in [9.17, 15) is 5.11 Å². The van der Waals surface area contributed by atoms with Crippen LogP contribution >= 0.6 is 11.6 Å². The molecule has 1 aliphatic heterocycles. The van der Waals surface area contributed by atoms with Gasteiger partial charge in [-0.05, 0) is 57.3 Å². The molecule has 1 aromatic carbocycles. The van der Waals surface area contributed by atoms with Crippen LogP contribution in [0.1, 0.15) is 35.4 Å². The van der Waals surface area contributed by atoms with Gasteiger partial charge >= 0.3 is 0 Å². The zero-order valence-electron chi connectivity index (χ0n) is 14.5. The highest BCUT2D eigenvalue weighted by Gasteiger charge is 2.21. The quantitative estimate of drug-likeness (QED) is 0.901. The normalized spacial score (nSPS) is 16.7.